The third-order valence-electron chi connectivity index (χ3n) is 4.54. The fourth-order valence-electron chi connectivity index (χ4n) is 3.05. The molecule has 8 heteroatoms. The van der Waals surface area contributed by atoms with Gasteiger partial charge < -0.3 is 24.4 Å². The van der Waals surface area contributed by atoms with Crippen molar-refractivity contribution in [2.24, 2.45) is 10.9 Å². The number of nitrogens with one attached hydrogen (secondary N) is 1. The van der Waals surface area contributed by atoms with E-state index in [0.29, 0.717) is 13.2 Å². The lowest BCUT2D eigenvalue weighted by Crippen LogP contribution is -2.46. The van der Waals surface area contributed by atoms with Crippen LogP contribution in [0.4, 0.5) is 0 Å². The molecule has 0 aromatic heterocycles. The number of hydrogen-bond acceptors (Lipinski definition) is 5. The van der Waals surface area contributed by atoms with Gasteiger partial charge in [-0.25, -0.2) is 0 Å². The van der Waals surface area contributed by atoms with Crippen molar-refractivity contribution in [3.63, 3.8) is 0 Å². The van der Waals surface area contributed by atoms with Crippen molar-refractivity contribution in [1.82, 2.24) is 10.2 Å². The Balaban J connectivity index is 0.00000392. The zero-order valence-electron chi connectivity index (χ0n) is 17.0. The Morgan fingerprint density at radius 3 is 2.61 bits per heavy atom. The van der Waals surface area contributed by atoms with Gasteiger partial charge in [-0.2, -0.15) is 0 Å². The van der Waals surface area contributed by atoms with E-state index in [2.05, 4.69) is 17.1 Å². The second-order valence-corrected chi connectivity index (χ2v) is 6.40. The van der Waals surface area contributed by atoms with Gasteiger partial charge in [-0.1, -0.05) is 6.07 Å². The maximum Gasteiger partial charge on any atom is 0.308 e. The van der Waals surface area contributed by atoms with Gasteiger partial charge in [0.2, 0.25) is 0 Å². The van der Waals surface area contributed by atoms with Crippen molar-refractivity contribution in [2.45, 2.75) is 26.2 Å². The van der Waals surface area contributed by atoms with Crippen molar-refractivity contribution in [3.8, 4) is 11.5 Å². The number of carbonyl (C=O) groups is 1. The van der Waals surface area contributed by atoms with Gasteiger partial charge in [0.1, 0.15) is 11.5 Å². The third kappa shape index (κ3) is 7.73. The number of carbonyl (C=O) groups excluding carboxylic acids is 1. The van der Waals surface area contributed by atoms with E-state index in [-0.39, 0.29) is 35.9 Å². The minimum absolute atomic E-state index is 0. The van der Waals surface area contributed by atoms with Crippen LogP contribution in [0, 0.1) is 5.92 Å². The summed E-state index contributed by atoms with van der Waals surface area (Å²) in [5.41, 5.74) is 0. The zero-order chi connectivity index (χ0) is 19.5. The number of aliphatic imine (C=N–C) groups is 1. The van der Waals surface area contributed by atoms with Crippen LogP contribution in [0.5, 0.6) is 11.5 Å². The fraction of sp³-hybridized carbons (Fsp3) is 0.600. The predicted octanol–water partition coefficient (Wildman–Crippen LogP) is 2.93. The van der Waals surface area contributed by atoms with Crippen molar-refractivity contribution >= 4 is 35.9 Å². The number of likely N-dealkylation sites (tertiary alicyclic amines) is 1. The number of guanidine groups is 1. The standard InChI is InChI=1S/C20H31N3O4.HI/c1-4-21-20(23-12-9-16(10-13-23)19(24)26-3)22-11-6-14-27-18-8-5-7-17(15-18)25-2;/h5,7-8,15-16H,4,6,9-14H2,1-3H3,(H,21,22);1H. The Hall–Kier alpha value is -1.71. The average Bonchev–Trinajstić information content (AvgIpc) is 2.72. The van der Waals surface area contributed by atoms with Gasteiger partial charge in [0.05, 0.1) is 26.7 Å². The molecule has 2 rings (SSSR count). The van der Waals surface area contributed by atoms with Crippen molar-refractivity contribution < 1.29 is 19.0 Å². The Kier molecular flexibility index (Phi) is 11.7. The SMILES string of the molecule is CCNC(=NCCCOc1cccc(OC)c1)N1CCC(C(=O)OC)CC1.I. The molecule has 1 N–H and O–H groups in total. The zero-order valence-corrected chi connectivity index (χ0v) is 19.3. The van der Waals surface area contributed by atoms with Crippen LogP contribution in [-0.2, 0) is 9.53 Å². The Labute approximate surface area is 184 Å². The quantitative estimate of drug-likeness (QED) is 0.193. The third-order valence-corrected chi connectivity index (χ3v) is 4.54. The maximum atomic E-state index is 11.7. The Morgan fingerprint density at radius 1 is 1.25 bits per heavy atom. The van der Waals surface area contributed by atoms with Crippen LogP contribution in [0.25, 0.3) is 0 Å². The number of ether oxygens (including phenoxy) is 3. The molecule has 0 unspecified atom stereocenters. The number of methoxy groups -OCH3 is 2. The Bertz CT molecular complexity index is 619. The topological polar surface area (TPSA) is 72.4 Å². The van der Waals surface area contributed by atoms with Crippen LogP contribution in [0.1, 0.15) is 26.2 Å². The fourth-order valence-corrected chi connectivity index (χ4v) is 3.05. The van der Waals surface area contributed by atoms with Gasteiger partial charge >= 0.3 is 5.97 Å². The molecule has 1 saturated heterocycles. The van der Waals surface area contributed by atoms with E-state index >= 15 is 0 Å². The highest BCUT2D eigenvalue weighted by molar-refractivity contribution is 14.0. The van der Waals surface area contributed by atoms with E-state index in [9.17, 15) is 4.79 Å². The van der Waals surface area contributed by atoms with Crippen LogP contribution in [-0.4, -0.2) is 63.8 Å². The van der Waals surface area contributed by atoms with E-state index in [0.717, 1.165) is 56.4 Å². The second kappa shape index (κ2) is 13.5. The molecule has 0 amide bonds. The van der Waals surface area contributed by atoms with Crippen LogP contribution in [0.3, 0.4) is 0 Å². The van der Waals surface area contributed by atoms with Crippen molar-refractivity contribution in [3.05, 3.63) is 24.3 Å². The first-order valence-corrected chi connectivity index (χ1v) is 9.55. The van der Waals surface area contributed by atoms with E-state index < -0.39 is 0 Å². The Morgan fingerprint density at radius 2 is 1.96 bits per heavy atom. The van der Waals surface area contributed by atoms with E-state index in [1.807, 2.05) is 24.3 Å². The molecule has 0 bridgehead atoms. The molecule has 7 nitrogen and oxygen atoms in total. The van der Waals surface area contributed by atoms with Gasteiger partial charge in [0.15, 0.2) is 5.96 Å². The highest BCUT2D eigenvalue weighted by Crippen LogP contribution is 2.19. The lowest BCUT2D eigenvalue weighted by atomic mass is 9.97. The number of esters is 1. The maximum absolute atomic E-state index is 11.7. The minimum Gasteiger partial charge on any atom is -0.497 e. The van der Waals surface area contributed by atoms with E-state index in [1.165, 1.54) is 7.11 Å². The predicted molar refractivity (Wildman–Crippen MR) is 121 cm³/mol. The van der Waals surface area contributed by atoms with Gasteiger partial charge in [-0.15, -0.1) is 24.0 Å². The van der Waals surface area contributed by atoms with Gasteiger partial charge in [0, 0.05) is 38.7 Å². The highest BCUT2D eigenvalue weighted by Gasteiger charge is 2.26. The first kappa shape index (κ1) is 24.3. The summed E-state index contributed by atoms with van der Waals surface area (Å²) < 4.78 is 15.8. The summed E-state index contributed by atoms with van der Waals surface area (Å²) >= 11 is 0. The van der Waals surface area contributed by atoms with E-state index in [1.54, 1.807) is 7.11 Å². The number of piperidine rings is 1. The molecule has 1 aromatic rings. The normalized spacial score (nSPS) is 14.8. The van der Waals surface area contributed by atoms with Crippen LogP contribution in [0.2, 0.25) is 0 Å². The molecule has 28 heavy (non-hydrogen) atoms. The summed E-state index contributed by atoms with van der Waals surface area (Å²) in [6, 6.07) is 7.59. The number of hydrogen-bond donors (Lipinski definition) is 1. The van der Waals surface area contributed by atoms with E-state index in [4.69, 9.17) is 19.2 Å². The van der Waals surface area contributed by atoms with Gasteiger partial charge in [-0.3, -0.25) is 9.79 Å². The molecule has 0 aliphatic carbocycles. The summed E-state index contributed by atoms with van der Waals surface area (Å²) in [5.74, 6) is 2.39. The van der Waals surface area contributed by atoms with Crippen molar-refractivity contribution in [2.75, 3.05) is 47.0 Å². The summed E-state index contributed by atoms with van der Waals surface area (Å²) in [7, 11) is 3.10. The number of halogens is 1. The molecule has 158 valence electrons. The summed E-state index contributed by atoms with van der Waals surface area (Å²) in [6.45, 7) is 5.78. The monoisotopic (exact) mass is 505 g/mol. The molecule has 1 fully saturated rings. The number of benzene rings is 1. The number of nitrogens with zero attached hydrogens (tertiary/aromatic N) is 2. The average molecular weight is 505 g/mol. The lowest BCUT2D eigenvalue weighted by molar-refractivity contribution is -0.146. The molecule has 0 spiro atoms. The summed E-state index contributed by atoms with van der Waals surface area (Å²) in [4.78, 5) is 18.6. The molecule has 1 aliphatic heterocycles. The molecule has 1 heterocycles. The van der Waals surface area contributed by atoms with Crippen LogP contribution < -0.4 is 14.8 Å². The lowest BCUT2D eigenvalue weighted by Gasteiger charge is -2.33. The molecule has 1 aromatic carbocycles. The van der Waals surface area contributed by atoms with Gasteiger partial charge in [-0.05, 0) is 31.9 Å². The first-order chi connectivity index (χ1) is 13.2. The summed E-state index contributed by atoms with van der Waals surface area (Å²) in [6.07, 6.45) is 2.43. The van der Waals surface area contributed by atoms with Gasteiger partial charge in [0.25, 0.3) is 0 Å². The molecule has 0 saturated carbocycles. The molecule has 0 radical (unpaired) electrons. The molecule has 1 aliphatic rings. The molecular formula is C20H32IN3O4. The second-order valence-electron chi connectivity index (χ2n) is 6.40. The largest absolute Gasteiger partial charge is 0.497 e. The summed E-state index contributed by atoms with van der Waals surface area (Å²) in [5, 5.41) is 3.34. The molecular weight excluding hydrogens is 473 g/mol. The smallest absolute Gasteiger partial charge is 0.308 e. The highest BCUT2D eigenvalue weighted by atomic mass is 127. The van der Waals surface area contributed by atoms with Crippen LogP contribution >= 0.6 is 24.0 Å². The van der Waals surface area contributed by atoms with Crippen molar-refractivity contribution in [1.29, 1.82) is 0 Å². The minimum atomic E-state index is -0.105. The number of rotatable bonds is 8. The van der Waals surface area contributed by atoms with Crippen LogP contribution in [0.15, 0.2) is 29.3 Å². The first-order valence-electron chi connectivity index (χ1n) is 9.55. The molecule has 0 atom stereocenters.